The fourth-order valence-electron chi connectivity index (χ4n) is 2.87. The Kier molecular flexibility index (Phi) is 7.36. The number of nitrogens with one attached hydrogen (secondary N) is 1. The summed E-state index contributed by atoms with van der Waals surface area (Å²) in [7, 11) is 0. The summed E-state index contributed by atoms with van der Waals surface area (Å²) in [6, 6.07) is 6.45. The zero-order valence-electron chi connectivity index (χ0n) is 15.0. The molecule has 1 saturated heterocycles. The lowest BCUT2D eigenvalue weighted by Crippen LogP contribution is -2.46. The van der Waals surface area contributed by atoms with E-state index in [4.69, 9.17) is 11.6 Å². The fraction of sp³-hybridized carbons (Fsp3) is 0.421. The van der Waals surface area contributed by atoms with Crippen molar-refractivity contribution < 1.29 is 14.7 Å². The molecule has 1 heterocycles. The second kappa shape index (κ2) is 9.50. The number of rotatable bonds is 6. The third-order valence-corrected chi connectivity index (χ3v) is 4.36. The first-order valence-corrected chi connectivity index (χ1v) is 9.04. The molecule has 0 bridgehead atoms. The second-order valence-electron chi connectivity index (χ2n) is 6.09. The molecule has 140 valence electrons. The van der Waals surface area contributed by atoms with Gasteiger partial charge in [0.05, 0.1) is 6.10 Å². The first-order chi connectivity index (χ1) is 12.5. The van der Waals surface area contributed by atoms with Crippen LogP contribution in [0.5, 0.6) is 0 Å². The molecule has 1 aromatic carbocycles. The number of halogens is 1. The van der Waals surface area contributed by atoms with E-state index in [0.29, 0.717) is 23.7 Å². The molecule has 7 heteroatoms. The lowest BCUT2D eigenvalue weighted by molar-refractivity contribution is -0.135. The van der Waals surface area contributed by atoms with Crippen LogP contribution in [0.25, 0.3) is 0 Å². The summed E-state index contributed by atoms with van der Waals surface area (Å²) in [4.78, 5) is 30.8. The third kappa shape index (κ3) is 5.16. The Morgan fingerprint density at radius 2 is 2.08 bits per heavy atom. The average Bonchev–Trinajstić information content (AvgIpc) is 3.02. The highest BCUT2D eigenvalue weighted by Gasteiger charge is 2.39. The molecule has 1 fully saturated rings. The number of amides is 2. The van der Waals surface area contributed by atoms with E-state index in [2.05, 4.69) is 10.3 Å². The predicted octanol–water partition coefficient (Wildman–Crippen LogP) is 2.30. The number of likely N-dealkylation sites (tertiary alicyclic amines) is 1. The van der Waals surface area contributed by atoms with E-state index in [0.717, 1.165) is 5.56 Å². The zero-order chi connectivity index (χ0) is 19.1. The summed E-state index contributed by atoms with van der Waals surface area (Å²) in [5.41, 5.74) is 1.20. The number of aliphatic imine (C=N–C) groups is 1. The normalized spacial score (nSPS) is 20.6. The molecule has 0 radical (unpaired) electrons. The molecule has 6 nitrogen and oxygen atoms in total. The van der Waals surface area contributed by atoms with E-state index >= 15 is 0 Å². The monoisotopic (exact) mass is 377 g/mol. The Balaban J connectivity index is 2.07. The Morgan fingerprint density at radius 1 is 1.38 bits per heavy atom. The van der Waals surface area contributed by atoms with Crippen LogP contribution in [-0.4, -0.2) is 46.7 Å². The van der Waals surface area contributed by atoms with Crippen LogP contribution >= 0.6 is 11.6 Å². The minimum atomic E-state index is -0.723. The van der Waals surface area contributed by atoms with E-state index in [-0.39, 0.29) is 24.8 Å². The highest BCUT2D eigenvalue weighted by Crippen LogP contribution is 2.21. The minimum absolute atomic E-state index is 0.123. The number of benzene rings is 1. The van der Waals surface area contributed by atoms with Crippen molar-refractivity contribution >= 4 is 29.6 Å². The minimum Gasteiger partial charge on any atom is -0.391 e. The van der Waals surface area contributed by atoms with Crippen LogP contribution in [0.4, 0.5) is 0 Å². The molecule has 1 aromatic rings. The molecular formula is C19H24ClN3O3. The van der Waals surface area contributed by atoms with Gasteiger partial charge < -0.3 is 15.3 Å². The van der Waals surface area contributed by atoms with Gasteiger partial charge in [-0.2, -0.15) is 0 Å². The zero-order valence-corrected chi connectivity index (χ0v) is 15.7. The number of carbonyl (C=O) groups is 2. The first-order valence-electron chi connectivity index (χ1n) is 8.66. The summed E-state index contributed by atoms with van der Waals surface area (Å²) >= 11 is 5.85. The van der Waals surface area contributed by atoms with Crippen molar-refractivity contribution in [3.63, 3.8) is 0 Å². The van der Waals surface area contributed by atoms with E-state index in [9.17, 15) is 14.7 Å². The number of hydrogen-bond acceptors (Lipinski definition) is 4. The molecule has 2 N–H and O–H groups in total. The number of β-amino-alcohol motifs (C(OH)–C–C–N with tert-alkyl or cyclic N) is 1. The van der Waals surface area contributed by atoms with E-state index in [1.54, 1.807) is 31.3 Å². The maximum atomic E-state index is 12.7. The Bertz CT molecular complexity index is 700. The molecule has 0 aromatic heterocycles. The number of aliphatic hydroxyl groups is 1. The second-order valence-corrected chi connectivity index (χ2v) is 6.53. The van der Waals surface area contributed by atoms with Crippen LogP contribution in [0.15, 0.2) is 41.0 Å². The van der Waals surface area contributed by atoms with Crippen LogP contribution in [0.2, 0.25) is 5.02 Å². The van der Waals surface area contributed by atoms with Gasteiger partial charge in [-0.05, 0) is 31.0 Å². The van der Waals surface area contributed by atoms with Gasteiger partial charge >= 0.3 is 0 Å². The average molecular weight is 378 g/mol. The Labute approximate surface area is 158 Å². The number of nitrogens with zero attached hydrogens (tertiary/aromatic N) is 2. The lowest BCUT2D eigenvalue weighted by Gasteiger charge is -2.23. The molecule has 2 atom stereocenters. The first kappa shape index (κ1) is 20.1. The van der Waals surface area contributed by atoms with Gasteiger partial charge in [-0.1, -0.05) is 36.7 Å². The van der Waals surface area contributed by atoms with Crippen molar-refractivity contribution in [1.29, 1.82) is 0 Å². The van der Waals surface area contributed by atoms with Crippen molar-refractivity contribution in [1.82, 2.24) is 10.2 Å². The highest BCUT2D eigenvalue weighted by atomic mass is 35.5. The maximum absolute atomic E-state index is 12.7. The predicted molar refractivity (Wildman–Crippen MR) is 102 cm³/mol. The van der Waals surface area contributed by atoms with Gasteiger partial charge in [-0.15, -0.1) is 0 Å². The summed E-state index contributed by atoms with van der Waals surface area (Å²) in [6.45, 7) is 4.09. The van der Waals surface area contributed by atoms with Gasteiger partial charge in [0.25, 0.3) is 5.91 Å². The van der Waals surface area contributed by atoms with Gasteiger partial charge in [0.1, 0.15) is 11.7 Å². The SMILES string of the molecule is CC=NC(=CCC)C(=O)N1CC(O)CC1C(=O)NCc1ccc(Cl)cc1. The van der Waals surface area contributed by atoms with E-state index in [1.165, 1.54) is 4.90 Å². The molecule has 0 spiro atoms. The highest BCUT2D eigenvalue weighted by molar-refractivity contribution is 6.30. The molecular weight excluding hydrogens is 354 g/mol. The standard InChI is InChI=1S/C19H24ClN3O3/c1-3-5-16(21-4-2)19(26)23-12-15(24)10-17(23)18(25)22-11-13-6-8-14(20)9-7-13/h4-9,15,17,24H,3,10-12H2,1-2H3,(H,22,25). The van der Waals surface area contributed by atoms with Gasteiger partial charge in [0.15, 0.2) is 0 Å². The smallest absolute Gasteiger partial charge is 0.272 e. The van der Waals surface area contributed by atoms with Crippen molar-refractivity contribution in [2.45, 2.75) is 45.4 Å². The molecule has 2 unspecified atom stereocenters. The van der Waals surface area contributed by atoms with Crippen LogP contribution < -0.4 is 5.32 Å². The maximum Gasteiger partial charge on any atom is 0.272 e. The van der Waals surface area contributed by atoms with Gasteiger partial charge in [0, 0.05) is 30.7 Å². The van der Waals surface area contributed by atoms with Gasteiger partial charge in [0.2, 0.25) is 5.91 Å². The van der Waals surface area contributed by atoms with Gasteiger partial charge in [-0.25, -0.2) is 0 Å². The molecule has 2 amide bonds. The van der Waals surface area contributed by atoms with Crippen LogP contribution in [0.3, 0.4) is 0 Å². The van der Waals surface area contributed by atoms with E-state index < -0.39 is 12.1 Å². The quantitative estimate of drug-likeness (QED) is 0.589. The van der Waals surface area contributed by atoms with Crippen molar-refractivity contribution in [2.24, 2.45) is 4.99 Å². The number of carbonyl (C=O) groups excluding carboxylic acids is 2. The molecule has 2 rings (SSSR count). The fourth-order valence-corrected chi connectivity index (χ4v) is 3.00. The lowest BCUT2D eigenvalue weighted by atomic mass is 10.1. The summed E-state index contributed by atoms with van der Waals surface area (Å²) in [5.74, 6) is -0.630. The third-order valence-electron chi connectivity index (χ3n) is 4.11. The Morgan fingerprint density at radius 3 is 2.69 bits per heavy atom. The topological polar surface area (TPSA) is 82.0 Å². The number of allylic oxidation sites excluding steroid dienone is 1. The van der Waals surface area contributed by atoms with Crippen molar-refractivity contribution in [3.05, 3.63) is 46.6 Å². The molecule has 26 heavy (non-hydrogen) atoms. The molecule has 0 saturated carbocycles. The van der Waals surface area contributed by atoms with E-state index in [1.807, 2.05) is 19.1 Å². The number of aliphatic hydroxyl groups excluding tert-OH is 1. The molecule has 0 aliphatic carbocycles. The van der Waals surface area contributed by atoms with Crippen LogP contribution in [-0.2, 0) is 16.1 Å². The molecule has 1 aliphatic rings. The molecule has 1 aliphatic heterocycles. The van der Waals surface area contributed by atoms with Crippen LogP contribution in [0, 0.1) is 0 Å². The van der Waals surface area contributed by atoms with Crippen LogP contribution in [0.1, 0.15) is 32.3 Å². The summed E-state index contributed by atoms with van der Waals surface area (Å²) < 4.78 is 0. The van der Waals surface area contributed by atoms with Crippen molar-refractivity contribution in [2.75, 3.05) is 6.54 Å². The summed E-state index contributed by atoms with van der Waals surface area (Å²) in [6.07, 6.45) is 3.41. The van der Waals surface area contributed by atoms with Gasteiger partial charge in [-0.3, -0.25) is 14.6 Å². The summed E-state index contributed by atoms with van der Waals surface area (Å²) in [5, 5.41) is 13.4. The van der Waals surface area contributed by atoms with Crippen molar-refractivity contribution in [3.8, 4) is 0 Å². The largest absolute Gasteiger partial charge is 0.391 e. The number of hydrogen-bond donors (Lipinski definition) is 2. The Hall–Kier alpha value is -2.18.